The lowest BCUT2D eigenvalue weighted by molar-refractivity contribution is 0.372. The van der Waals surface area contributed by atoms with Crippen molar-refractivity contribution in [3.63, 3.8) is 0 Å². The Labute approximate surface area is 117 Å². The lowest BCUT2D eigenvalue weighted by atomic mass is 10.1. The van der Waals surface area contributed by atoms with Crippen molar-refractivity contribution in [3.05, 3.63) is 35.5 Å². The maximum atomic E-state index is 12.3. The summed E-state index contributed by atoms with van der Waals surface area (Å²) in [5, 5.41) is 3.60. The molecular formula is C12H16N4O3S. The highest BCUT2D eigenvalue weighted by molar-refractivity contribution is 7.89. The van der Waals surface area contributed by atoms with Gasteiger partial charge in [0.2, 0.25) is 15.9 Å². The van der Waals surface area contributed by atoms with Gasteiger partial charge in [0.25, 0.3) is 0 Å². The van der Waals surface area contributed by atoms with Gasteiger partial charge in [-0.15, -0.1) is 0 Å². The fraction of sp³-hybridized carbons (Fsp3) is 0.333. The number of nitrogens with zero attached hydrogens (tertiary/aromatic N) is 2. The summed E-state index contributed by atoms with van der Waals surface area (Å²) in [6.45, 7) is 3.49. The minimum Gasteiger partial charge on any atom is -0.399 e. The van der Waals surface area contributed by atoms with Crippen LogP contribution in [0.2, 0.25) is 0 Å². The Balaban J connectivity index is 2.24. The van der Waals surface area contributed by atoms with Crippen molar-refractivity contribution in [1.29, 1.82) is 0 Å². The molecule has 1 aromatic heterocycles. The van der Waals surface area contributed by atoms with Crippen LogP contribution in [0.4, 0.5) is 5.69 Å². The van der Waals surface area contributed by atoms with E-state index in [0.29, 0.717) is 23.5 Å². The minimum atomic E-state index is -3.67. The molecule has 0 unspecified atom stereocenters. The van der Waals surface area contributed by atoms with Crippen LogP contribution < -0.4 is 10.5 Å². The molecule has 0 fully saturated rings. The first-order valence-electron chi connectivity index (χ1n) is 6.09. The third kappa shape index (κ3) is 3.14. The molecule has 108 valence electrons. The Morgan fingerprint density at radius 2 is 2.15 bits per heavy atom. The molecule has 0 saturated carbocycles. The van der Waals surface area contributed by atoms with Crippen molar-refractivity contribution in [3.8, 4) is 0 Å². The molecule has 1 heterocycles. The monoisotopic (exact) mass is 296 g/mol. The molecule has 0 aliphatic rings. The van der Waals surface area contributed by atoms with Gasteiger partial charge in [0.1, 0.15) is 0 Å². The second-order valence-electron chi connectivity index (χ2n) is 4.28. The zero-order valence-electron chi connectivity index (χ0n) is 11.3. The van der Waals surface area contributed by atoms with Crippen molar-refractivity contribution in [2.24, 2.45) is 0 Å². The lowest BCUT2D eigenvalue weighted by Gasteiger charge is -2.10. The Bertz CT molecular complexity index is 709. The van der Waals surface area contributed by atoms with E-state index in [1.54, 1.807) is 19.1 Å². The summed E-state index contributed by atoms with van der Waals surface area (Å²) >= 11 is 0. The molecule has 0 radical (unpaired) electrons. The van der Waals surface area contributed by atoms with Crippen LogP contribution >= 0.6 is 0 Å². The number of aryl methyl sites for hydroxylation is 2. The van der Waals surface area contributed by atoms with Gasteiger partial charge in [0.15, 0.2) is 5.82 Å². The van der Waals surface area contributed by atoms with E-state index in [1.807, 2.05) is 6.92 Å². The third-order valence-corrected chi connectivity index (χ3v) is 4.23. The molecule has 8 heteroatoms. The molecule has 0 atom stereocenters. The molecule has 0 amide bonds. The molecule has 0 aliphatic carbocycles. The number of hydrogen-bond donors (Lipinski definition) is 2. The van der Waals surface area contributed by atoms with Crippen molar-refractivity contribution in [2.75, 3.05) is 5.73 Å². The number of aromatic nitrogens is 2. The maximum Gasteiger partial charge on any atom is 0.241 e. The average molecular weight is 296 g/mol. The number of sulfonamides is 1. The summed E-state index contributed by atoms with van der Waals surface area (Å²) in [7, 11) is -3.67. The molecule has 2 rings (SSSR count). The summed E-state index contributed by atoms with van der Waals surface area (Å²) < 4.78 is 31.9. The highest BCUT2D eigenvalue weighted by Crippen LogP contribution is 2.19. The molecule has 1 aromatic carbocycles. The summed E-state index contributed by atoms with van der Waals surface area (Å²) in [6, 6.07) is 4.83. The zero-order chi connectivity index (χ0) is 14.8. The van der Waals surface area contributed by atoms with Crippen LogP contribution in [0.15, 0.2) is 27.6 Å². The van der Waals surface area contributed by atoms with E-state index in [0.717, 1.165) is 0 Å². The molecule has 0 bridgehead atoms. The molecule has 3 N–H and O–H groups in total. The average Bonchev–Trinajstić information content (AvgIpc) is 2.82. The highest BCUT2D eigenvalue weighted by Gasteiger charge is 2.19. The lowest BCUT2D eigenvalue weighted by Crippen LogP contribution is -2.24. The number of anilines is 1. The Morgan fingerprint density at radius 1 is 1.40 bits per heavy atom. The largest absolute Gasteiger partial charge is 0.399 e. The molecule has 0 saturated heterocycles. The van der Waals surface area contributed by atoms with Crippen LogP contribution in [0.1, 0.15) is 24.2 Å². The number of nitrogens with two attached hydrogens (primary N) is 1. The van der Waals surface area contributed by atoms with Crippen LogP contribution in [-0.4, -0.2) is 18.6 Å². The van der Waals surface area contributed by atoms with Gasteiger partial charge < -0.3 is 10.3 Å². The highest BCUT2D eigenvalue weighted by atomic mass is 32.2. The summed E-state index contributed by atoms with van der Waals surface area (Å²) in [5.41, 5.74) is 6.76. The molecule has 0 aliphatic heterocycles. The maximum absolute atomic E-state index is 12.3. The van der Waals surface area contributed by atoms with Crippen molar-refractivity contribution >= 4 is 15.7 Å². The smallest absolute Gasteiger partial charge is 0.241 e. The van der Waals surface area contributed by atoms with Gasteiger partial charge >= 0.3 is 0 Å². The van der Waals surface area contributed by atoms with Crippen LogP contribution in [0, 0.1) is 6.92 Å². The number of benzene rings is 1. The van der Waals surface area contributed by atoms with Crippen LogP contribution in [-0.2, 0) is 23.0 Å². The summed E-state index contributed by atoms with van der Waals surface area (Å²) in [4.78, 5) is 4.12. The zero-order valence-corrected chi connectivity index (χ0v) is 12.1. The number of rotatable bonds is 5. The van der Waals surface area contributed by atoms with E-state index in [2.05, 4.69) is 14.9 Å². The topological polar surface area (TPSA) is 111 Å². The van der Waals surface area contributed by atoms with Crippen LogP contribution in [0.25, 0.3) is 0 Å². The Morgan fingerprint density at radius 3 is 2.75 bits per heavy atom. The predicted molar refractivity (Wildman–Crippen MR) is 73.3 cm³/mol. The van der Waals surface area contributed by atoms with E-state index in [9.17, 15) is 8.42 Å². The third-order valence-electron chi connectivity index (χ3n) is 2.74. The number of hydrogen-bond acceptors (Lipinski definition) is 6. The van der Waals surface area contributed by atoms with Crippen molar-refractivity contribution < 1.29 is 12.9 Å². The van der Waals surface area contributed by atoms with Gasteiger partial charge in [-0.25, -0.2) is 13.1 Å². The second kappa shape index (κ2) is 5.59. The van der Waals surface area contributed by atoms with Gasteiger partial charge in [-0.05, 0) is 31.0 Å². The number of nitrogens with one attached hydrogen (secondary N) is 1. The predicted octanol–water partition coefficient (Wildman–Crippen LogP) is 1.00. The normalized spacial score (nSPS) is 11.7. The van der Waals surface area contributed by atoms with Crippen LogP contribution in [0.5, 0.6) is 0 Å². The number of nitrogen functional groups attached to an aromatic ring is 1. The van der Waals surface area contributed by atoms with E-state index < -0.39 is 10.0 Å². The quantitative estimate of drug-likeness (QED) is 0.796. The minimum absolute atomic E-state index is 0.0544. The van der Waals surface area contributed by atoms with E-state index in [1.165, 1.54) is 6.07 Å². The van der Waals surface area contributed by atoms with Gasteiger partial charge in [-0.2, -0.15) is 4.98 Å². The molecule has 20 heavy (non-hydrogen) atoms. The van der Waals surface area contributed by atoms with E-state index in [4.69, 9.17) is 10.3 Å². The van der Waals surface area contributed by atoms with Gasteiger partial charge in [-0.3, -0.25) is 0 Å². The van der Waals surface area contributed by atoms with Gasteiger partial charge in [0.05, 0.1) is 11.4 Å². The first-order valence-corrected chi connectivity index (χ1v) is 7.58. The summed E-state index contributed by atoms with van der Waals surface area (Å²) in [5.74, 6) is 0.672. The van der Waals surface area contributed by atoms with Crippen LogP contribution in [0.3, 0.4) is 0 Å². The second-order valence-corrected chi connectivity index (χ2v) is 6.02. The summed E-state index contributed by atoms with van der Waals surface area (Å²) in [6.07, 6.45) is 0.593. The van der Waals surface area contributed by atoms with Crippen molar-refractivity contribution in [2.45, 2.75) is 31.7 Å². The van der Waals surface area contributed by atoms with Gasteiger partial charge in [-0.1, -0.05) is 18.1 Å². The molecular weight excluding hydrogens is 280 g/mol. The Hall–Kier alpha value is -1.93. The Kier molecular flexibility index (Phi) is 4.05. The first-order chi connectivity index (χ1) is 9.42. The SMILES string of the molecule is CCc1ccc(N)cc1S(=O)(=O)NCc1nc(C)no1. The first kappa shape index (κ1) is 14.5. The fourth-order valence-corrected chi connectivity index (χ4v) is 3.08. The molecule has 2 aromatic rings. The molecule has 7 nitrogen and oxygen atoms in total. The van der Waals surface area contributed by atoms with E-state index >= 15 is 0 Å². The van der Waals surface area contributed by atoms with Gasteiger partial charge in [0, 0.05) is 5.69 Å². The molecule has 0 spiro atoms. The van der Waals surface area contributed by atoms with Crippen molar-refractivity contribution in [1.82, 2.24) is 14.9 Å². The fourth-order valence-electron chi connectivity index (χ4n) is 1.76. The van der Waals surface area contributed by atoms with E-state index in [-0.39, 0.29) is 17.3 Å². The standard InChI is InChI=1S/C12H16N4O3S/c1-3-9-4-5-10(13)6-11(9)20(17,18)14-7-12-15-8(2)16-19-12/h4-6,14H,3,7,13H2,1-2H3.